The highest BCUT2D eigenvalue weighted by Crippen LogP contribution is 2.07. The number of nitrogens with zero attached hydrogens (tertiary/aromatic N) is 2. The number of nitrogen functional groups attached to an aromatic ring is 1. The number of hydrogen-bond donors (Lipinski definition) is 2. The van der Waals surface area contributed by atoms with Gasteiger partial charge in [0.25, 0.3) is 5.56 Å². The van der Waals surface area contributed by atoms with E-state index in [-0.39, 0.29) is 12.2 Å². The third-order valence-electron chi connectivity index (χ3n) is 2.44. The van der Waals surface area contributed by atoms with Crippen molar-refractivity contribution in [2.75, 3.05) is 12.4 Å². The Morgan fingerprint density at radius 2 is 2.12 bits per heavy atom. The lowest BCUT2D eigenvalue weighted by atomic mass is 10.2. The van der Waals surface area contributed by atoms with E-state index >= 15 is 0 Å². The van der Waals surface area contributed by atoms with Crippen LogP contribution in [-0.4, -0.2) is 21.4 Å². The smallest absolute Gasteiger partial charge is 0.279 e. The summed E-state index contributed by atoms with van der Waals surface area (Å²) in [5.74, 6) is 6.15. The first-order valence-electron chi connectivity index (χ1n) is 5.10. The van der Waals surface area contributed by atoms with Gasteiger partial charge < -0.3 is 10.9 Å². The van der Waals surface area contributed by atoms with Crippen molar-refractivity contribution in [2.45, 2.75) is 12.8 Å². The van der Waals surface area contributed by atoms with E-state index in [1.807, 2.05) is 6.07 Å². The van der Waals surface area contributed by atoms with E-state index in [0.717, 1.165) is 4.68 Å². The summed E-state index contributed by atoms with van der Waals surface area (Å²) in [4.78, 5) is 16.1. The number of aryl methyl sites for hydroxylation is 1. The summed E-state index contributed by atoms with van der Waals surface area (Å²) >= 11 is 0. The van der Waals surface area contributed by atoms with Gasteiger partial charge in [-0.15, -0.1) is 0 Å². The van der Waals surface area contributed by atoms with Gasteiger partial charge >= 0.3 is 0 Å². The zero-order valence-electron chi connectivity index (χ0n) is 8.76. The number of nitrogens with two attached hydrogens (primary N) is 1. The van der Waals surface area contributed by atoms with Crippen LogP contribution in [0.25, 0.3) is 10.9 Å². The fourth-order valence-electron chi connectivity index (χ4n) is 1.61. The van der Waals surface area contributed by atoms with E-state index in [1.165, 1.54) is 0 Å². The minimum atomic E-state index is -0.251. The van der Waals surface area contributed by atoms with Crippen LogP contribution < -0.4 is 11.4 Å². The van der Waals surface area contributed by atoms with Crippen LogP contribution in [0.3, 0.4) is 0 Å². The summed E-state index contributed by atoms with van der Waals surface area (Å²) < 4.78 is 1.05. The summed E-state index contributed by atoms with van der Waals surface area (Å²) in [5.41, 5.74) is 0.390. The maximum atomic E-state index is 11.8. The van der Waals surface area contributed by atoms with Gasteiger partial charge in [-0.3, -0.25) is 4.79 Å². The molecule has 5 heteroatoms. The first-order valence-corrected chi connectivity index (χ1v) is 5.10. The number of aromatic nitrogens is 2. The zero-order valence-corrected chi connectivity index (χ0v) is 8.76. The molecule has 2 aromatic rings. The lowest BCUT2D eigenvalue weighted by Crippen LogP contribution is -2.31. The third-order valence-corrected chi connectivity index (χ3v) is 2.44. The molecule has 3 N–H and O–H groups in total. The Balaban J connectivity index is 2.60. The fraction of sp³-hybridized carbons (Fsp3) is 0.273. The van der Waals surface area contributed by atoms with E-state index < -0.39 is 0 Å². The predicted molar refractivity (Wildman–Crippen MR) is 61.6 cm³/mol. The van der Waals surface area contributed by atoms with Crippen molar-refractivity contribution >= 4 is 10.9 Å². The van der Waals surface area contributed by atoms with Gasteiger partial charge in [0.1, 0.15) is 5.82 Å². The van der Waals surface area contributed by atoms with Crippen molar-refractivity contribution in [3.8, 4) is 0 Å². The summed E-state index contributed by atoms with van der Waals surface area (Å²) in [6, 6.07) is 7.08. The molecule has 0 saturated heterocycles. The molecule has 0 fully saturated rings. The molecule has 84 valence electrons. The van der Waals surface area contributed by atoms with E-state index in [0.29, 0.717) is 29.6 Å². The molecule has 0 aliphatic heterocycles. The van der Waals surface area contributed by atoms with Crippen LogP contribution >= 0.6 is 0 Å². The molecule has 0 spiro atoms. The molecule has 2 rings (SSSR count). The molecule has 0 aliphatic carbocycles. The normalized spacial score (nSPS) is 10.8. The van der Waals surface area contributed by atoms with Gasteiger partial charge in [0.05, 0.1) is 10.9 Å². The van der Waals surface area contributed by atoms with Crippen LogP contribution in [0.2, 0.25) is 0 Å². The number of fused-ring (bicyclic) bond motifs is 1. The van der Waals surface area contributed by atoms with E-state index in [1.54, 1.807) is 18.2 Å². The molecular formula is C11H13N3O2. The summed E-state index contributed by atoms with van der Waals surface area (Å²) in [6.07, 6.45) is 1.04. The molecule has 16 heavy (non-hydrogen) atoms. The Hall–Kier alpha value is -1.88. The van der Waals surface area contributed by atoms with Crippen molar-refractivity contribution in [1.29, 1.82) is 0 Å². The number of aliphatic hydroxyl groups is 1. The van der Waals surface area contributed by atoms with E-state index in [4.69, 9.17) is 10.9 Å². The number of hydrogen-bond acceptors (Lipinski definition) is 4. The zero-order chi connectivity index (χ0) is 11.5. The molecule has 0 atom stereocenters. The van der Waals surface area contributed by atoms with Crippen molar-refractivity contribution in [1.82, 2.24) is 9.66 Å². The van der Waals surface area contributed by atoms with Crippen LogP contribution in [0.1, 0.15) is 12.2 Å². The quantitative estimate of drug-likeness (QED) is 0.714. The number of aliphatic hydroxyl groups excluding tert-OH is 1. The average Bonchev–Trinajstić information content (AvgIpc) is 2.32. The van der Waals surface area contributed by atoms with Crippen LogP contribution in [-0.2, 0) is 6.42 Å². The van der Waals surface area contributed by atoms with Gasteiger partial charge in [0.15, 0.2) is 0 Å². The largest absolute Gasteiger partial charge is 0.396 e. The summed E-state index contributed by atoms with van der Waals surface area (Å²) in [7, 11) is 0. The molecule has 1 heterocycles. The van der Waals surface area contributed by atoms with Crippen molar-refractivity contribution in [3.05, 3.63) is 40.4 Å². The second-order valence-electron chi connectivity index (χ2n) is 3.55. The van der Waals surface area contributed by atoms with Gasteiger partial charge in [-0.1, -0.05) is 12.1 Å². The minimum Gasteiger partial charge on any atom is -0.396 e. The molecule has 1 aromatic carbocycles. The molecule has 0 saturated carbocycles. The molecule has 0 unspecified atom stereocenters. The third kappa shape index (κ3) is 1.77. The summed E-state index contributed by atoms with van der Waals surface area (Å²) in [5, 5.41) is 9.26. The van der Waals surface area contributed by atoms with E-state index in [9.17, 15) is 4.79 Å². The monoisotopic (exact) mass is 219 g/mol. The number of para-hydroxylation sites is 1. The van der Waals surface area contributed by atoms with Crippen molar-refractivity contribution in [2.24, 2.45) is 0 Å². The SMILES string of the molecule is Nn1c(CCCO)nc2ccccc2c1=O. The Bertz CT molecular complexity index is 563. The molecular weight excluding hydrogens is 206 g/mol. The van der Waals surface area contributed by atoms with Gasteiger partial charge in [-0.2, -0.15) is 0 Å². The molecule has 0 radical (unpaired) electrons. The van der Waals surface area contributed by atoms with Crippen molar-refractivity contribution < 1.29 is 5.11 Å². The summed E-state index contributed by atoms with van der Waals surface area (Å²) in [6.45, 7) is 0.0582. The highest BCUT2D eigenvalue weighted by molar-refractivity contribution is 5.77. The van der Waals surface area contributed by atoms with Gasteiger partial charge in [-0.25, -0.2) is 9.66 Å². The lowest BCUT2D eigenvalue weighted by Gasteiger charge is -2.07. The standard InChI is InChI=1S/C11H13N3O2/c12-14-10(6-3-7-15)13-9-5-2-1-4-8(9)11(14)16/h1-2,4-5,15H,3,6-7,12H2. The average molecular weight is 219 g/mol. The maximum Gasteiger partial charge on any atom is 0.279 e. The van der Waals surface area contributed by atoms with Gasteiger partial charge in [-0.05, 0) is 18.6 Å². The fourth-order valence-corrected chi connectivity index (χ4v) is 1.61. The molecule has 0 amide bonds. The predicted octanol–water partition coefficient (Wildman–Crippen LogP) is 0.0352. The van der Waals surface area contributed by atoms with E-state index in [2.05, 4.69) is 4.98 Å². The van der Waals surface area contributed by atoms with Gasteiger partial charge in [0, 0.05) is 13.0 Å². The molecule has 0 aliphatic rings. The Morgan fingerprint density at radius 1 is 1.38 bits per heavy atom. The second-order valence-corrected chi connectivity index (χ2v) is 3.55. The van der Waals surface area contributed by atoms with Crippen LogP contribution in [0.5, 0.6) is 0 Å². The minimum absolute atomic E-state index is 0.0582. The first-order chi connectivity index (χ1) is 7.74. The van der Waals surface area contributed by atoms with Crippen LogP contribution in [0.15, 0.2) is 29.1 Å². The molecule has 0 bridgehead atoms. The lowest BCUT2D eigenvalue weighted by molar-refractivity contribution is 0.287. The highest BCUT2D eigenvalue weighted by Gasteiger charge is 2.07. The second kappa shape index (κ2) is 4.32. The van der Waals surface area contributed by atoms with Crippen LogP contribution in [0.4, 0.5) is 0 Å². The van der Waals surface area contributed by atoms with Crippen LogP contribution in [0, 0.1) is 0 Å². The molecule has 5 nitrogen and oxygen atoms in total. The number of rotatable bonds is 3. The Morgan fingerprint density at radius 3 is 2.88 bits per heavy atom. The number of benzene rings is 1. The highest BCUT2D eigenvalue weighted by atomic mass is 16.2. The van der Waals surface area contributed by atoms with Crippen molar-refractivity contribution in [3.63, 3.8) is 0 Å². The van der Waals surface area contributed by atoms with Gasteiger partial charge in [0.2, 0.25) is 0 Å². The topological polar surface area (TPSA) is 81.1 Å². The first kappa shape index (κ1) is 10.6. The Kier molecular flexibility index (Phi) is 2.87. The maximum absolute atomic E-state index is 11.8. The molecule has 1 aromatic heterocycles. The Labute approximate surface area is 92.1 Å².